The number of hydrogen-bond acceptors (Lipinski definition) is 6. The molecule has 2 aromatic rings. The number of aromatic nitrogens is 1. The third kappa shape index (κ3) is 7.35. The van der Waals surface area contributed by atoms with Crippen LogP contribution in [-0.2, 0) is 11.2 Å². The molecule has 8 nitrogen and oxygen atoms in total. The highest BCUT2D eigenvalue weighted by Gasteiger charge is 2.31. The summed E-state index contributed by atoms with van der Waals surface area (Å²) in [5.41, 5.74) is 2.19. The second-order valence-electron chi connectivity index (χ2n) is 7.75. The predicted molar refractivity (Wildman–Crippen MR) is 110 cm³/mol. The summed E-state index contributed by atoms with van der Waals surface area (Å²) in [5.74, 6) is 0. The largest absolute Gasteiger partial charge is 0.465 e. The van der Waals surface area contributed by atoms with Gasteiger partial charge in [-0.1, -0.05) is 51.1 Å². The molecule has 1 unspecified atom stereocenters. The molecule has 0 aliphatic heterocycles. The molecule has 0 fully saturated rings. The van der Waals surface area contributed by atoms with Gasteiger partial charge in [0.15, 0.2) is 0 Å². The number of ether oxygens (including phenoxy) is 1. The van der Waals surface area contributed by atoms with Crippen LogP contribution in [0.1, 0.15) is 37.3 Å². The molecular formula is C20H27N3O5S. The van der Waals surface area contributed by atoms with Crippen molar-refractivity contribution in [1.29, 1.82) is 0 Å². The van der Waals surface area contributed by atoms with Gasteiger partial charge in [-0.05, 0) is 12.0 Å². The van der Waals surface area contributed by atoms with Gasteiger partial charge in [-0.15, -0.1) is 11.3 Å². The zero-order valence-corrected chi connectivity index (χ0v) is 17.5. The Kier molecular flexibility index (Phi) is 7.98. The van der Waals surface area contributed by atoms with Crippen molar-refractivity contribution in [2.45, 2.75) is 45.4 Å². The lowest BCUT2D eigenvalue weighted by Gasteiger charge is -2.29. The van der Waals surface area contributed by atoms with Gasteiger partial charge in [0.2, 0.25) is 0 Å². The molecule has 29 heavy (non-hydrogen) atoms. The van der Waals surface area contributed by atoms with Crippen LogP contribution in [0, 0.1) is 5.41 Å². The van der Waals surface area contributed by atoms with Crippen LogP contribution in [0.25, 0.3) is 0 Å². The topological polar surface area (TPSA) is 121 Å². The number of thiazole rings is 1. The summed E-state index contributed by atoms with van der Waals surface area (Å²) >= 11 is 1.40. The van der Waals surface area contributed by atoms with Gasteiger partial charge in [-0.3, -0.25) is 4.98 Å². The first kappa shape index (κ1) is 22.6. The van der Waals surface area contributed by atoms with E-state index < -0.39 is 30.4 Å². The van der Waals surface area contributed by atoms with Crippen LogP contribution >= 0.6 is 11.3 Å². The first-order valence-electron chi connectivity index (χ1n) is 9.21. The molecule has 0 spiro atoms. The van der Waals surface area contributed by atoms with Gasteiger partial charge in [0, 0.05) is 18.2 Å². The standard InChI is InChI=1S/C20H27N3O5S/c1-20(2,3)17(16-11-21-12-29-16)28-19(27)22-10-15(24)14(23-18(25)26)9-13-7-5-4-6-8-13/h4-8,11-12,14-15,17,23-24H,9-10H2,1-3H3,(H,22,27)(H,25,26)/t14-,15+,17?/m0/s1. The molecule has 1 heterocycles. The summed E-state index contributed by atoms with van der Waals surface area (Å²) in [7, 11) is 0. The van der Waals surface area contributed by atoms with Crippen molar-refractivity contribution < 1.29 is 24.5 Å². The van der Waals surface area contributed by atoms with Gasteiger partial charge in [-0.2, -0.15) is 0 Å². The minimum absolute atomic E-state index is 0.157. The Morgan fingerprint density at radius 1 is 1.24 bits per heavy atom. The molecule has 0 aliphatic carbocycles. The lowest BCUT2D eigenvalue weighted by molar-refractivity contribution is 0.0291. The van der Waals surface area contributed by atoms with Crippen molar-refractivity contribution in [3.63, 3.8) is 0 Å². The molecule has 0 aliphatic rings. The van der Waals surface area contributed by atoms with E-state index >= 15 is 0 Å². The number of carbonyl (C=O) groups is 2. The smallest absolute Gasteiger partial charge is 0.407 e. The van der Waals surface area contributed by atoms with Gasteiger partial charge >= 0.3 is 12.2 Å². The predicted octanol–water partition coefficient (Wildman–Crippen LogP) is 3.20. The third-order valence-electron chi connectivity index (χ3n) is 4.25. The maximum Gasteiger partial charge on any atom is 0.407 e. The molecular weight excluding hydrogens is 394 g/mol. The number of amides is 2. The van der Waals surface area contributed by atoms with Crippen LogP contribution in [0.4, 0.5) is 9.59 Å². The second kappa shape index (κ2) is 10.2. The molecule has 0 radical (unpaired) electrons. The first-order chi connectivity index (χ1) is 13.7. The number of rotatable bonds is 8. The quantitative estimate of drug-likeness (QED) is 0.519. The fourth-order valence-corrected chi connectivity index (χ4v) is 3.70. The van der Waals surface area contributed by atoms with Crippen LogP contribution in [0.3, 0.4) is 0 Å². The number of aliphatic hydroxyl groups is 1. The SMILES string of the molecule is CC(C)(C)C(OC(=O)NC[C@@H](O)[C@H](Cc1ccccc1)NC(=O)O)c1cncs1. The zero-order valence-electron chi connectivity index (χ0n) is 16.7. The van der Waals surface area contributed by atoms with Crippen LogP contribution in [-0.4, -0.2) is 46.1 Å². The number of aliphatic hydroxyl groups excluding tert-OH is 1. The molecule has 0 bridgehead atoms. The van der Waals surface area contributed by atoms with Crippen molar-refractivity contribution in [1.82, 2.24) is 15.6 Å². The number of nitrogens with one attached hydrogen (secondary N) is 2. The molecule has 2 amide bonds. The molecule has 1 aromatic heterocycles. The van der Waals surface area contributed by atoms with E-state index in [0.29, 0.717) is 0 Å². The van der Waals surface area contributed by atoms with Gasteiger partial charge in [0.05, 0.1) is 22.5 Å². The Hall–Kier alpha value is -2.65. The molecule has 9 heteroatoms. The Morgan fingerprint density at radius 3 is 2.48 bits per heavy atom. The van der Waals surface area contributed by atoms with Gasteiger partial charge < -0.3 is 25.6 Å². The van der Waals surface area contributed by atoms with Crippen LogP contribution in [0.5, 0.6) is 0 Å². The lowest BCUT2D eigenvalue weighted by Crippen LogP contribution is -2.49. The van der Waals surface area contributed by atoms with E-state index in [1.807, 2.05) is 51.1 Å². The van der Waals surface area contributed by atoms with Crippen LogP contribution in [0.15, 0.2) is 42.0 Å². The first-order valence-corrected chi connectivity index (χ1v) is 10.1. The van der Waals surface area contributed by atoms with Crippen LogP contribution < -0.4 is 10.6 Å². The Balaban J connectivity index is 1.96. The van der Waals surface area contributed by atoms with Crippen molar-refractivity contribution in [3.05, 3.63) is 52.5 Å². The molecule has 1 aromatic carbocycles. The van der Waals surface area contributed by atoms with E-state index in [1.54, 1.807) is 11.7 Å². The maximum atomic E-state index is 12.3. The number of benzene rings is 1. The Labute approximate surface area is 173 Å². The van der Waals surface area contributed by atoms with Crippen molar-refractivity contribution >= 4 is 23.5 Å². The number of carbonyl (C=O) groups excluding carboxylic acids is 1. The summed E-state index contributed by atoms with van der Waals surface area (Å²) < 4.78 is 5.56. The summed E-state index contributed by atoms with van der Waals surface area (Å²) in [6.45, 7) is 5.70. The van der Waals surface area contributed by atoms with E-state index in [2.05, 4.69) is 15.6 Å². The monoisotopic (exact) mass is 421 g/mol. The third-order valence-corrected chi connectivity index (χ3v) is 5.07. The number of hydrogen-bond donors (Lipinski definition) is 4. The lowest BCUT2D eigenvalue weighted by atomic mass is 9.88. The average Bonchev–Trinajstić information content (AvgIpc) is 3.17. The van der Waals surface area contributed by atoms with E-state index in [4.69, 9.17) is 9.84 Å². The summed E-state index contributed by atoms with van der Waals surface area (Å²) in [5, 5.41) is 24.3. The highest BCUT2D eigenvalue weighted by atomic mass is 32.1. The summed E-state index contributed by atoms with van der Waals surface area (Å²) in [6, 6.07) is 8.42. The second-order valence-corrected chi connectivity index (χ2v) is 8.67. The number of carboxylic acid groups (broad SMARTS) is 1. The molecule has 2 rings (SSSR count). The molecule has 0 saturated heterocycles. The highest BCUT2D eigenvalue weighted by molar-refractivity contribution is 7.09. The number of alkyl carbamates (subject to hydrolysis) is 1. The van der Waals surface area contributed by atoms with Gasteiger partial charge in [-0.25, -0.2) is 9.59 Å². The van der Waals surface area contributed by atoms with Gasteiger partial charge in [0.1, 0.15) is 6.10 Å². The fourth-order valence-electron chi connectivity index (χ4n) is 2.81. The molecule has 3 atom stereocenters. The van der Waals surface area contributed by atoms with Crippen molar-refractivity contribution in [2.24, 2.45) is 5.41 Å². The van der Waals surface area contributed by atoms with E-state index in [-0.39, 0.29) is 18.4 Å². The normalized spacial score (nSPS) is 14.5. The minimum Gasteiger partial charge on any atom is -0.465 e. The Bertz CT molecular complexity index is 777. The number of nitrogens with zero attached hydrogens (tertiary/aromatic N) is 1. The Morgan fingerprint density at radius 2 is 1.93 bits per heavy atom. The van der Waals surface area contributed by atoms with E-state index in [0.717, 1.165) is 10.4 Å². The summed E-state index contributed by atoms with van der Waals surface area (Å²) in [4.78, 5) is 28.3. The molecule has 4 N–H and O–H groups in total. The van der Waals surface area contributed by atoms with Crippen molar-refractivity contribution in [3.8, 4) is 0 Å². The van der Waals surface area contributed by atoms with Crippen LogP contribution in [0.2, 0.25) is 0 Å². The minimum atomic E-state index is -1.24. The molecule has 158 valence electrons. The molecule has 0 saturated carbocycles. The van der Waals surface area contributed by atoms with E-state index in [1.165, 1.54) is 11.3 Å². The average molecular weight is 422 g/mol. The maximum absolute atomic E-state index is 12.3. The highest BCUT2D eigenvalue weighted by Crippen LogP contribution is 2.37. The van der Waals surface area contributed by atoms with Crippen molar-refractivity contribution in [2.75, 3.05) is 6.54 Å². The van der Waals surface area contributed by atoms with Gasteiger partial charge in [0.25, 0.3) is 0 Å². The fraction of sp³-hybridized carbons (Fsp3) is 0.450. The van der Waals surface area contributed by atoms with E-state index in [9.17, 15) is 14.7 Å². The summed E-state index contributed by atoms with van der Waals surface area (Å²) in [6.07, 6.45) is -1.61. The zero-order chi connectivity index (χ0) is 21.4.